The molecule has 0 saturated carbocycles. The summed E-state index contributed by atoms with van der Waals surface area (Å²) in [5.41, 5.74) is 8.63. The lowest BCUT2D eigenvalue weighted by Crippen LogP contribution is -2.46. The third-order valence-corrected chi connectivity index (χ3v) is 4.19. The van der Waals surface area contributed by atoms with Gasteiger partial charge in [0.25, 0.3) is 0 Å². The van der Waals surface area contributed by atoms with Crippen LogP contribution in [0.25, 0.3) is 0 Å². The average molecular weight is 353 g/mol. The van der Waals surface area contributed by atoms with Crippen molar-refractivity contribution in [2.75, 3.05) is 0 Å². The van der Waals surface area contributed by atoms with Crippen LogP contribution < -0.4 is 21.1 Å². The molecular weight excluding hydrogens is 334 g/mol. The van der Waals surface area contributed by atoms with Crippen LogP contribution >= 0.6 is 12.2 Å². The maximum Gasteiger partial charge on any atom is 0.248 e. The zero-order valence-electron chi connectivity index (χ0n) is 13.8. The van der Waals surface area contributed by atoms with Crippen LogP contribution in [0.15, 0.2) is 65.9 Å². The molecule has 0 unspecified atom stereocenters. The van der Waals surface area contributed by atoms with Gasteiger partial charge >= 0.3 is 0 Å². The zero-order valence-corrected chi connectivity index (χ0v) is 14.6. The van der Waals surface area contributed by atoms with Crippen LogP contribution in [0.3, 0.4) is 0 Å². The van der Waals surface area contributed by atoms with E-state index >= 15 is 0 Å². The number of nitrogens with one attached hydrogen (secondary N) is 2. The Hall–Kier alpha value is -2.86. The Bertz CT molecular complexity index is 834. The molecule has 0 bridgehead atoms. The minimum Gasteiger partial charge on any atom is -0.489 e. The van der Waals surface area contributed by atoms with Gasteiger partial charge in [-0.2, -0.15) is 0 Å². The summed E-state index contributed by atoms with van der Waals surface area (Å²) in [5, 5.41) is 6.50. The summed E-state index contributed by atoms with van der Waals surface area (Å²) in [4.78, 5) is 11.9. The molecule has 3 rings (SSSR count). The van der Waals surface area contributed by atoms with E-state index in [0.717, 1.165) is 11.1 Å². The summed E-state index contributed by atoms with van der Waals surface area (Å²) >= 11 is 5.21. The van der Waals surface area contributed by atoms with Crippen LogP contribution in [0.2, 0.25) is 0 Å². The number of hydrogen-bond donors (Lipinski definition) is 3. The molecule has 1 atom stereocenters. The van der Waals surface area contributed by atoms with Gasteiger partial charge in [0.15, 0.2) is 5.11 Å². The van der Waals surface area contributed by atoms with E-state index in [-0.39, 0.29) is 0 Å². The first-order valence-corrected chi connectivity index (χ1v) is 8.30. The van der Waals surface area contributed by atoms with E-state index in [1.807, 2.05) is 54.6 Å². The van der Waals surface area contributed by atoms with Crippen LogP contribution in [-0.2, 0) is 11.4 Å². The van der Waals surface area contributed by atoms with Crippen molar-refractivity contribution in [1.29, 1.82) is 0 Å². The Labute approximate surface area is 151 Å². The second kappa shape index (κ2) is 7.36. The van der Waals surface area contributed by atoms with E-state index in [4.69, 9.17) is 22.7 Å². The van der Waals surface area contributed by atoms with Gasteiger partial charge in [-0.05, 0) is 42.4 Å². The molecule has 0 aromatic heterocycles. The largest absolute Gasteiger partial charge is 0.489 e. The van der Waals surface area contributed by atoms with E-state index in [1.165, 1.54) is 0 Å². The number of hydrogen-bond acceptors (Lipinski definition) is 3. The first-order chi connectivity index (χ1) is 12.0. The Morgan fingerprint density at radius 3 is 2.68 bits per heavy atom. The minimum absolute atomic E-state index is 0.397. The monoisotopic (exact) mass is 353 g/mol. The van der Waals surface area contributed by atoms with E-state index in [1.54, 1.807) is 6.92 Å². The van der Waals surface area contributed by atoms with Crippen molar-refractivity contribution in [3.63, 3.8) is 0 Å². The highest BCUT2D eigenvalue weighted by molar-refractivity contribution is 7.80. The van der Waals surface area contributed by atoms with Crippen molar-refractivity contribution in [2.45, 2.75) is 19.6 Å². The number of amides is 1. The number of rotatable bonds is 5. The summed E-state index contributed by atoms with van der Waals surface area (Å²) in [6.07, 6.45) is 0. The smallest absolute Gasteiger partial charge is 0.248 e. The Morgan fingerprint density at radius 1 is 1.20 bits per heavy atom. The molecule has 6 heteroatoms. The average Bonchev–Trinajstić information content (AvgIpc) is 2.60. The van der Waals surface area contributed by atoms with E-state index in [9.17, 15) is 4.79 Å². The number of ether oxygens (including phenoxy) is 1. The number of carbonyl (C=O) groups is 1. The molecule has 1 aliphatic heterocycles. The molecule has 0 saturated heterocycles. The Kier molecular flexibility index (Phi) is 5.00. The molecule has 0 radical (unpaired) electrons. The zero-order chi connectivity index (χ0) is 17.8. The van der Waals surface area contributed by atoms with Gasteiger partial charge in [0.05, 0.1) is 11.6 Å². The number of nitrogens with two attached hydrogens (primary N) is 1. The fourth-order valence-electron chi connectivity index (χ4n) is 2.80. The molecule has 0 spiro atoms. The van der Waals surface area contributed by atoms with Gasteiger partial charge in [0.1, 0.15) is 12.4 Å². The van der Waals surface area contributed by atoms with Gasteiger partial charge in [-0.1, -0.05) is 42.5 Å². The predicted molar refractivity (Wildman–Crippen MR) is 101 cm³/mol. The SMILES string of the molecule is CC1=C(C(N)=O)[C@H](c2cccc(OCc3ccccc3)c2)NC(=S)N1. The highest BCUT2D eigenvalue weighted by atomic mass is 32.1. The molecule has 2 aromatic carbocycles. The lowest BCUT2D eigenvalue weighted by atomic mass is 9.95. The number of thiocarbonyl (C=S) groups is 1. The molecular formula is C19H19N3O2S. The van der Waals surface area contributed by atoms with Crippen molar-refractivity contribution < 1.29 is 9.53 Å². The molecule has 25 heavy (non-hydrogen) atoms. The molecule has 1 amide bonds. The summed E-state index contributed by atoms with van der Waals surface area (Å²) < 4.78 is 5.86. The number of benzene rings is 2. The van der Waals surface area contributed by atoms with Crippen LogP contribution in [0.4, 0.5) is 0 Å². The number of primary amides is 1. The van der Waals surface area contributed by atoms with E-state index in [0.29, 0.717) is 28.7 Å². The standard InChI is InChI=1S/C19H19N3O2S/c1-12-16(18(20)23)17(22-19(25)21-12)14-8-5-9-15(10-14)24-11-13-6-3-2-4-7-13/h2-10,17H,11H2,1H3,(H2,20,23)(H2,21,22,25)/t17-/m0/s1. The summed E-state index contributed by atoms with van der Waals surface area (Å²) in [6, 6.07) is 17.1. The predicted octanol–water partition coefficient (Wildman–Crippen LogP) is 2.54. The number of allylic oxidation sites excluding steroid dienone is 1. The van der Waals surface area contributed by atoms with Crippen LogP contribution in [0.1, 0.15) is 24.1 Å². The van der Waals surface area contributed by atoms with Crippen LogP contribution in [0.5, 0.6) is 5.75 Å². The molecule has 5 nitrogen and oxygen atoms in total. The van der Waals surface area contributed by atoms with Crippen molar-refractivity contribution in [1.82, 2.24) is 10.6 Å². The summed E-state index contributed by atoms with van der Waals surface area (Å²) in [5.74, 6) is 0.231. The second-order valence-electron chi connectivity index (χ2n) is 5.78. The second-order valence-corrected chi connectivity index (χ2v) is 6.19. The summed E-state index contributed by atoms with van der Waals surface area (Å²) in [6.45, 7) is 2.26. The molecule has 4 N–H and O–H groups in total. The maximum atomic E-state index is 11.9. The normalized spacial score (nSPS) is 16.8. The van der Waals surface area contributed by atoms with Gasteiger partial charge in [-0.3, -0.25) is 4.79 Å². The molecule has 0 fully saturated rings. The fourth-order valence-corrected chi connectivity index (χ4v) is 3.07. The van der Waals surface area contributed by atoms with E-state index < -0.39 is 11.9 Å². The van der Waals surface area contributed by atoms with Gasteiger partial charge in [0, 0.05) is 5.70 Å². The maximum absolute atomic E-state index is 11.9. The third-order valence-electron chi connectivity index (χ3n) is 3.97. The lowest BCUT2D eigenvalue weighted by molar-refractivity contribution is -0.115. The third kappa shape index (κ3) is 3.97. The molecule has 1 heterocycles. The summed E-state index contributed by atoms with van der Waals surface area (Å²) in [7, 11) is 0. The van der Waals surface area contributed by atoms with Gasteiger partial charge in [0.2, 0.25) is 5.91 Å². The van der Waals surface area contributed by atoms with Crippen LogP contribution in [0, 0.1) is 0 Å². The minimum atomic E-state index is -0.486. The molecule has 0 aliphatic carbocycles. The first-order valence-electron chi connectivity index (χ1n) is 7.89. The topological polar surface area (TPSA) is 76.4 Å². The highest BCUT2D eigenvalue weighted by Gasteiger charge is 2.28. The van der Waals surface area contributed by atoms with E-state index in [2.05, 4.69) is 10.6 Å². The quantitative estimate of drug-likeness (QED) is 0.720. The Morgan fingerprint density at radius 2 is 1.96 bits per heavy atom. The lowest BCUT2D eigenvalue weighted by Gasteiger charge is -2.29. The molecule has 2 aromatic rings. The Balaban J connectivity index is 1.84. The first kappa shape index (κ1) is 17.0. The van der Waals surface area contributed by atoms with Crippen molar-refractivity contribution >= 4 is 23.2 Å². The van der Waals surface area contributed by atoms with Crippen molar-refractivity contribution in [2.24, 2.45) is 5.73 Å². The fraction of sp³-hybridized carbons (Fsp3) is 0.158. The highest BCUT2D eigenvalue weighted by Crippen LogP contribution is 2.28. The van der Waals surface area contributed by atoms with Crippen molar-refractivity contribution in [3.8, 4) is 5.75 Å². The van der Waals surface area contributed by atoms with Gasteiger partial charge in [-0.25, -0.2) is 0 Å². The van der Waals surface area contributed by atoms with Crippen LogP contribution in [-0.4, -0.2) is 11.0 Å². The van der Waals surface area contributed by atoms with Gasteiger partial charge in [-0.15, -0.1) is 0 Å². The molecule has 1 aliphatic rings. The molecule has 128 valence electrons. The van der Waals surface area contributed by atoms with Crippen molar-refractivity contribution in [3.05, 3.63) is 77.0 Å². The van der Waals surface area contributed by atoms with Gasteiger partial charge < -0.3 is 21.1 Å². The number of carbonyl (C=O) groups excluding carboxylic acids is 1.